The molecule has 0 spiro atoms. The lowest BCUT2D eigenvalue weighted by Gasteiger charge is -2.12. The van der Waals surface area contributed by atoms with E-state index >= 15 is 0 Å². The Labute approximate surface area is 183 Å². The molecule has 0 atom stereocenters. The van der Waals surface area contributed by atoms with Gasteiger partial charge in [0, 0.05) is 35.4 Å². The van der Waals surface area contributed by atoms with E-state index in [0.29, 0.717) is 17.0 Å². The van der Waals surface area contributed by atoms with Crippen LogP contribution in [0.15, 0.2) is 71.9 Å². The van der Waals surface area contributed by atoms with Crippen LogP contribution >= 0.6 is 0 Å². The summed E-state index contributed by atoms with van der Waals surface area (Å²) in [6, 6.07) is 12.1. The van der Waals surface area contributed by atoms with E-state index in [2.05, 4.69) is 35.6 Å². The van der Waals surface area contributed by atoms with Crippen molar-refractivity contribution in [1.82, 2.24) is 15.0 Å². The highest BCUT2D eigenvalue weighted by atomic mass is 19.4. The van der Waals surface area contributed by atoms with Gasteiger partial charge >= 0.3 is 12.4 Å². The second-order valence-corrected chi connectivity index (χ2v) is 6.65. The van der Waals surface area contributed by atoms with Crippen molar-refractivity contribution in [2.45, 2.75) is 6.36 Å². The van der Waals surface area contributed by atoms with E-state index in [9.17, 15) is 22.8 Å². The molecule has 2 amide bonds. The molecule has 0 unspecified atom stereocenters. The maximum Gasteiger partial charge on any atom is 0.573 e. The molecule has 0 aliphatic rings. The maximum atomic E-state index is 12.4. The highest BCUT2D eigenvalue weighted by Gasteiger charge is 2.31. The second kappa shape index (κ2) is 8.86. The first kappa shape index (κ1) is 21.6. The van der Waals surface area contributed by atoms with Crippen molar-refractivity contribution >= 4 is 39.9 Å². The molecule has 12 heteroatoms. The van der Waals surface area contributed by atoms with Crippen LogP contribution in [0.2, 0.25) is 0 Å². The number of anilines is 4. The number of urea groups is 1. The molecule has 4 aromatic rings. The van der Waals surface area contributed by atoms with Gasteiger partial charge in [-0.1, -0.05) is 12.1 Å². The van der Waals surface area contributed by atoms with Crippen molar-refractivity contribution in [3.05, 3.63) is 77.3 Å². The van der Waals surface area contributed by atoms with Crippen LogP contribution < -0.4 is 26.1 Å². The van der Waals surface area contributed by atoms with Gasteiger partial charge in [-0.25, -0.2) is 14.8 Å². The lowest BCUT2D eigenvalue weighted by molar-refractivity contribution is -0.274. The van der Waals surface area contributed by atoms with Crippen LogP contribution in [0.1, 0.15) is 0 Å². The first-order valence-electron chi connectivity index (χ1n) is 9.40. The van der Waals surface area contributed by atoms with Gasteiger partial charge in [0.1, 0.15) is 28.9 Å². The van der Waals surface area contributed by atoms with Crippen molar-refractivity contribution in [3.8, 4) is 5.75 Å². The van der Waals surface area contributed by atoms with Gasteiger partial charge in [-0.05, 0) is 30.3 Å². The zero-order chi connectivity index (χ0) is 23.4. The number of hydrogen-bond donors (Lipinski definition) is 4. The third-order valence-corrected chi connectivity index (χ3v) is 4.26. The minimum Gasteiger partial charge on any atom is -0.406 e. The first-order valence-corrected chi connectivity index (χ1v) is 9.40. The Balaban J connectivity index is 1.47. The van der Waals surface area contributed by atoms with Gasteiger partial charge in [-0.2, -0.15) is 0 Å². The van der Waals surface area contributed by atoms with Crippen LogP contribution in [0.25, 0.3) is 11.0 Å². The van der Waals surface area contributed by atoms with Crippen molar-refractivity contribution in [1.29, 1.82) is 0 Å². The van der Waals surface area contributed by atoms with Crippen LogP contribution in [0.5, 0.6) is 5.75 Å². The molecule has 33 heavy (non-hydrogen) atoms. The number of ether oxygens (including phenoxy) is 1. The monoisotopic (exact) mass is 456 g/mol. The number of carbonyl (C=O) groups excluding carboxylic acids is 1. The predicted molar refractivity (Wildman–Crippen MR) is 116 cm³/mol. The number of carbonyl (C=O) groups is 1. The van der Waals surface area contributed by atoms with Gasteiger partial charge in [0.05, 0.1) is 0 Å². The van der Waals surface area contributed by atoms with Crippen molar-refractivity contribution in [2.24, 2.45) is 0 Å². The standard InChI is InChI=1S/C21H15F3N6O3/c22-21(23,24)33-15-6-2-5-14(10-15)30-20(32)29-13-4-1-3-12(9-13)28-19-17-16(31)7-8-25-18(17)26-11-27-19/h1-11H,(H2,29,30,32)(H2,25,26,27,28,31). The zero-order valence-electron chi connectivity index (χ0n) is 16.6. The molecule has 0 fully saturated rings. The molecule has 0 bridgehead atoms. The smallest absolute Gasteiger partial charge is 0.406 e. The molecular weight excluding hydrogens is 441 g/mol. The van der Waals surface area contributed by atoms with Gasteiger partial charge in [0.15, 0.2) is 5.43 Å². The molecule has 0 aliphatic carbocycles. The molecule has 4 rings (SSSR count). The Bertz CT molecular complexity index is 1370. The number of hydrogen-bond acceptors (Lipinski definition) is 6. The average molecular weight is 456 g/mol. The van der Waals surface area contributed by atoms with Crippen molar-refractivity contribution in [2.75, 3.05) is 16.0 Å². The van der Waals surface area contributed by atoms with Crippen LogP contribution in [0.4, 0.5) is 40.8 Å². The number of nitrogens with one attached hydrogen (secondary N) is 4. The average Bonchev–Trinajstić information content (AvgIpc) is 2.73. The fourth-order valence-corrected chi connectivity index (χ4v) is 2.98. The summed E-state index contributed by atoms with van der Waals surface area (Å²) in [4.78, 5) is 35.5. The number of nitrogens with zero attached hydrogens (tertiary/aromatic N) is 2. The summed E-state index contributed by atoms with van der Waals surface area (Å²) >= 11 is 0. The number of amides is 2. The van der Waals surface area contributed by atoms with Crippen LogP contribution in [0, 0.1) is 0 Å². The highest BCUT2D eigenvalue weighted by molar-refractivity contribution is 6.00. The number of benzene rings is 2. The van der Waals surface area contributed by atoms with E-state index in [4.69, 9.17) is 0 Å². The van der Waals surface area contributed by atoms with Crippen LogP contribution in [-0.4, -0.2) is 27.3 Å². The number of aromatic amines is 1. The van der Waals surface area contributed by atoms with Gasteiger partial charge in [0.2, 0.25) is 0 Å². The quantitative estimate of drug-likeness (QED) is 0.348. The second-order valence-electron chi connectivity index (χ2n) is 6.65. The summed E-state index contributed by atoms with van der Waals surface area (Å²) in [7, 11) is 0. The summed E-state index contributed by atoms with van der Waals surface area (Å²) < 4.78 is 41.0. The minimum absolute atomic E-state index is 0.107. The topological polar surface area (TPSA) is 121 Å². The minimum atomic E-state index is -4.84. The number of fused-ring (bicyclic) bond motifs is 1. The molecule has 168 valence electrons. The SMILES string of the molecule is O=C(Nc1cccc(Nc2ncnc3[nH]ccc(=O)c23)c1)Nc1cccc(OC(F)(F)F)c1. The number of alkyl halides is 3. The van der Waals surface area contributed by atoms with E-state index in [1.165, 1.54) is 30.7 Å². The van der Waals surface area contributed by atoms with Crippen LogP contribution in [-0.2, 0) is 0 Å². The summed E-state index contributed by atoms with van der Waals surface area (Å²) in [5.74, 6) is -0.177. The van der Waals surface area contributed by atoms with E-state index < -0.39 is 18.1 Å². The Morgan fingerprint density at radius 2 is 1.64 bits per heavy atom. The third kappa shape index (κ3) is 5.55. The van der Waals surface area contributed by atoms with Gasteiger partial charge in [-0.3, -0.25) is 4.79 Å². The van der Waals surface area contributed by atoms with Gasteiger partial charge < -0.3 is 25.7 Å². The Morgan fingerprint density at radius 3 is 2.39 bits per heavy atom. The fraction of sp³-hybridized carbons (Fsp3) is 0.0476. The lowest BCUT2D eigenvalue weighted by Crippen LogP contribution is -2.20. The summed E-state index contributed by atoms with van der Waals surface area (Å²) in [5.41, 5.74) is 1.11. The molecule has 2 heterocycles. The van der Waals surface area contributed by atoms with Crippen LogP contribution in [0.3, 0.4) is 0 Å². The van der Waals surface area contributed by atoms with E-state index in [-0.39, 0.29) is 22.3 Å². The van der Waals surface area contributed by atoms with Gasteiger partial charge in [-0.15, -0.1) is 13.2 Å². The first-order chi connectivity index (χ1) is 15.8. The number of aromatic nitrogens is 3. The van der Waals surface area contributed by atoms with E-state index in [1.54, 1.807) is 24.3 Å². The highest BCUT2D eigenvalue weighted by Crippen LogP contribution is 2.25. The number of halogens is 3. The van der Waals surface area contributed by atoms with E-state index in [0.717, 1.165) is 12.1 Å². The molecular formula is C21H15F3N6O3. The van der Waals surface area contributed by atoms with Gasteiger partial charge in [0.25, 0.3) is 0 Å². The molecule has 2 aromatic carbocycles. The molecule has 2 aromatic heterocycles. The molecule has 0 aliphatic heterocycles. The summed E-state index contributed by atoms with van der Waals surface area (Å²) in [6.45, 7) is 0. The number of H-pyrrole nitrogens is 1. The predicted octanol–water partition coefficient (Wildman–Crippen LogP) is 4.60. The Morgan fingerprint density at radius 1 is 0.939 bits per heavy atom. The molecule has 9 nitrogen and oxygen atoms in total. The number of pyridine rings is 1. The normalized spacial score (nSPS) is 11.1. The number of rotatable bonds is 5. The Hall–Kier alpha value is -4.61. The molecule has 0 saturated heterocycles. The van der Waals surface area contributed by atoms with Crippen molar-refractivity contribution < 1.29 is 22.7 Å². The zero-order valence-corrected chi connectivity index (χ0v) is 16.6. The third-order valence-electron chi connectivity index (χ3n) is 4.26. The largest absolute Gasteiger partial charge is 0.573 e. The maximum absolute atomic E-state index is 12.4. The summed E-state index contributed by atoms with van der Waals surface area (Å²) in [6.07, 6.45) is -2.06. The lowest BCUT2D eigenvalue weighted by atomic mass is 10.2. The Kier molecular flexibility index (Phi) is 5.81. The van der Waals surface area contributed by atoms with E-state index in [1.807, 2.05) is 0 Å². The fourth-order valence-electron chi connectivity index (χ4n) is 2.98. The van der Waals surface area contributed by atoms with Crippen molar-refractivity contribution in [3.63, 3.8) is 0 Å². The molecule has 0 radical (unpaired) electrons. The summed E-state index contributed by atoms with van der Waals surface area (Å²) in [5, 5.41) is 8.30. The molecule has 0 saturated carbocycles. The molecule has 4 N–H and O–H groups in total.